The third kappa shape index (κ3) is 3.53. The molecule has 2 N–H and O–H groups in total. The quantitative estimate of drug-likeness (QED) is 0.869. The lowest BCUT2D eigenvalue weighted by Crippen LogP contribution is -2.15. The zero-order valence-electron chi connectivity index (χ0n) is 10.3. The van der Waals surface area contributed by atoms with E-state index in [9.17, 15) is 4.79 Å². The van der Waals surface area contributed by atoms with Crippen LogP contribution < -0.4 is 5.73 Å². The van der Waals surface area contributed by atoms with E-state index in [4.69, 9.17) is 5.73 Å². The number of hydrogen-bond donors (Lipinski definition) is 1. The Bertz CT molecular complexity index is 363. The van der Waals surface area contributed by atoms with Gasteiger partial charge in [0.15, 0.2) is 0 Å². The zero-order valence-corrected chi connectivity index (χ0v) is 11.1. The lowest BCUT2D eigenvalue weighted by molar-refractivity contribution is -0.117. The van der Waals surface area contributed by atoms with Gasteiger partial charge in [0.2, 0.25) is 5.91 Å². The van der Waals surface area contributed by atoms with E-state index >= 15 is 0 Å². The smallest absolute Gasteiger partial charge is 0.221 e. The van der Waals surface area contributed by atoms with Gasteiger partial charge >= 0.3 is 0 Å². The molecule has 16 heavy (non-hydrogen) atoms. The normalized spacial score (nSPS) is 10.1. The third-order valence-corrected chi connectivity index (χ3v) is 2.74. The summed E-state index contributed by atoms with van der Waals surface area (Å²) < 4.78 is 0. The van der Waals surface area contributed by atoms with Gasteiger partial charge in [0.1, 0.15) is 0 Å². The molecule has 90 valence electrons. The fraction of sp³-hybridized carbons (Fsp3) is 0.462. The van der Waals surface area contributed by atoms with E-state index in [1.165, 1.54) is 5.56 Å². The first-order valence-corrected chi connectivity index (χ1v) is 5.30. The number of amides is 1. The van der Waals surface area contributed by atoms with Crippen LogP contribution in [0.3, 0.4) is 0 Å². The standard InChI is InChI=1S/C13H19NO.ClH/c1-8(2)11-5-9(3)12(7-13(14)15)10(4)6-11;/h5-6,8H,7H2,1-4H3,(H2,14,15);1H. The largest absolute Gasteiger partial charge is 0.369 e. The molecule has 0 saturated heterocycles. The highest BCUT2D eigenvalue weighted by Crippen LogP contribution is 2.22. The first-order valence-electron chi connectivity index (χ1n) is 5.30. The number of carbonyl (C=O) groups excluding carboxylic acids is 1. The summed E-state index contributed by atoms with van der Waals surface area (Å²) in [6, 6.07) is 4.30. The molecule has 0 radical (unpaired) electrons. The van der Waals surface area contributed by atoms with Crippen LogP contribution in [0.1, 0.15) is 42.0 Å². The second kappa shape index (κ2) is 5.90. The molecular weight excluding hydrogens is 222 g/mol. The molecule has 1 rings (SSSR count). The topological polar surface area (TPSA) is 43.1 Å². The molecule has 2 nitrogen and oxygen atoms in total. The number of rotatable bonds is 3. The maximum absolute atomic E-state index is 10.9. The second-order valence-electron chi connectivity index (χ2n) is 4.43. The van der Waals surface area contributed by atoms with E-state index < -0.39 is 0 Å². The van der Waals surface area contributed by atoms with Crippen molar-refractivity contribution in [1.29, 1.82) is 0 Å². The van der Waals surface area contributed by atoms with E-state index in [0.717, 1.165) is 16.7 Å². The van der Waals surface area contributed by atoms with Gasteiger partial charge in [-0.25, -0.2) is 0 Å². The summed E-state index contributed by atoms with van der Waals surface area (Å²) in [7, 11) is 0. The highest BCUT2D eigenvalue weighted by atomic mass is 35.5. The van der Waals surface area contributed by atoms with Crippen LogP contribution in [-0.2, 0) is 11.2 Å². The van der Waals surface area contributed by atoms with Gasteiger partial charge in [-0.3, -0.25) is 4.79 Å². The van der Waals surface area contributed by atoms with Crippen LogP contribution in [0.15, 0.2) is 12.1 Å². The number of carbonyl (C=O) groups is 1. The Morgan fingerprint density at radius 1 is 1.25 bits per heavy atom. The van der Waals surface area contributed by atoms with Crippen molar-refractivity contribution in [3.63, 3.8) is 0 Å². The Morgan fingerprint density at radius 2 is 1.69 bits per heavy atom. The van der Waals surface area contributed by atoms with E-state index in [1.54, 1.807) is 0 Å². The molecule has 0 aliphatic rings. The minimum Gasteiger partial charge on any atom is -0.369 e. The van der Waals surface area contributed by atoms with Crippen LogP contribution in [-0.4, -0.2) is 5.91 Å². The summed E-state index contributed by atoms with van der Waals surface area (Å²) in [6.07, 6.45) is 0.343. The van der Waals surface area contributed by atoms with Crippen molar-refractivity contribution in [1.82, 2.24) is 0 Å². The average molecular weight is 242 g/mol. The van der Waals surface area contributed by atoms with Crippen molar-refractivity contribution < 1.29 is 4.79 Å². The van der Waals surface area contributed by atoms with E-state index in [0.29, 0.717) is 12.3 Å². The zero-order chi connectivity index (χ0) is 11.6. The maximum atomic E-state index is 10.9. The Hall–Kier alpha value is -1.02. The summed E-state index contributed by atoms with van der Waals surface area (Å²) in [5.41, 5.74) is 9.94. The van der Waals surface area contributed by atoms with Gasteiger partial charge in [-0.1, -0.05) is 26.0 Å². The minimum atomic E-state index is -0.265. The second-order valence-corrected chi connectivity index (χ2v) is 4.43. The van der Waals surface area contributed by atoms with Gasteiger partial charge in [0, 0.05) is 0 Å². The first-order chi connectivity index (χ1) is 6.91. The lowest BCUT2D eigenvalue weighted by atomic mass is 9.92. The van der Waals surface area contributed by atoms with Gasteiger partial charge in [-0.2, -0.15) is 0 Å². The van der Waals surface area contributed by atoms with Crippen LogP contribution in [0.25, 0.3) is 0 Å². The fourth-order valence-electron chi connectivity index (χ4n) is 1.81. The average Bonchev–Trinajstić information content (AvgIpc) is 2.10. The molecule has 0 aromatic heterocycles. The Morgan fingerprint density at radius 3 is 2.00 bits per heavy atom. The van der Waals surface area contributed by atoms with E-state index in [2.05, 4.69) is 26.0 Å². The number of aryl methyl sites for hydroxylation is 2. The van der Waals surface area contributed by atoms with Crippen molar-refractivity contribution >= 4 is 18.3 Å². The molecule has 1 aromatic rings. The van der Waals surface area contributed by atoms with Crippen molar-refractivity contribution in [2.24, 2.45) is 5.73 Å². The van der Waals surface area contributed by atoms with Gasteiger partial charge < -0.3 is 5.73 Å². The van der Waals surface area contributed by atoms with Crippen molar-refractivity contribution in [3.05, 3.63) is 34.4 Å². The van der Waals surface area contributed by atoms with Gasteiger partial charge in [-0.05, 0) is 42.0 Å². The van der Waals surface area contributed by atoms with E-state index in [1.807, 2.05) is 13.8 Å². The minimum absolute atomic E-state index is 0. The van der Waals surface area contributed by atoms with Crippen molar-refractivity contribution in [2.45, 2.75) is 40.0 Å². The van der Waals surface area contributed by atoms with Crippen LogP contribution >= 0.6 is 12.4 Å². The molecule has 0 fully saturated rings. The highest BCUT2D eigenvalue weighted by molar-refractivity contribution is 5.85. The summed E-state index contributed by atoms with van der Waals surface area (Å²) in [4.78, 5) is 10.9. The van der Waals surface area contributed by atoms with Crippen molar-refractivity contribution in [2.75, 3.05) is 0 Å². The van der Waals surface area contributed by atoms with Crippen LogP contribution in [0, 0.1) is 13.8 Å². The first kappa shape index (κ1) is 15.0. The summed E-state index contributed by atoms with van der Waals surface area (Å²) in [5.74, 6) is 0.253. The van der Waals surface area contributed by atoms with Crippen LogP contribution in [0.2, 0.25) is 0 Å². The van der Waals surface area contributed by atoms with Gasteiger partial charge in [0.25, 0.3) is 0 Å². The van der Waals surface area contributed by atoms with Gasteiger partial charge in [0.05, 0.1) is 6.42 Å². The molecule has 0 spiro atoms. The predicted octanol–water partition coefficient (Wildman–Crippen LogP) is 2.88. The van der Waals surface area contributed by atoms with Crippen LogP contribution in [0.4, 0.5) is 0 Å². The summed E-state index contributed by atoms with van der Waals surface area (Å²) in [5, 5.41) is 0. The molecule has 0 aliphatic heterocycles. The van der Waals surface area contributed by atoms with Crippen LogP contribution in [0.5, 0.6) is 0 Å². The maximum Gasteiger partial charge on any atom is 0.221 e. The molecule has 0 atom stereocenters. The van der Waals surface area contributed by atoms with Gasteiger partial charge in [-0.15, -0.1) is 12.4 Å². The molecule has 1 aromatic carbocycles. The molecular formula is C13H20ClNO. The number of nitrogens with two attached hydrogens (primary N) is 1. The summed E-state index contributed by atoms with van der Waals surface area (Å²) in [6.45, 7) is 8.41. The molecule has 0 heterocycles. The molecule has 1 amide bonds. The molecule has 3 heteroatoms. The summed E-state index contributed by atoms with van der Waals surface area (Å²) >= 11 is 0. The Kier molecular flexibility index (Phi) is 5.52. The highest BCUT2D eigenvalue weighted by Gasteiger charge is 2.09. The monoisotopic (exact) mass is 241 g/mol. The lowest BCUT2D eigenvalue weighted by Gasteiger charge is -2.13. The molecule has 0 bridgehead atoms. The number of primary amides is 1. The molecule has 0 unspecified atom stereocenters. The number of halogens is 1. The Labute approximate surface area is 104 Å². The number of benzene rings is 1. The number of hydrogen-bond acceptors (Lipinski definition) is 1. The fourth-order valence-corrected chi connectivity index (χ4v) is 1.81. The Balaban J connectivity index is 0.00000225. The third-order valence-electron chi connectivity index (χ3n) is 2.74. The predicted molar refractivity (Wildman–Crippen MR) is 70.2 cm³/mol. The SMILES string of the molecule is Cc1cc(C(C)C)cc(C)c1CC(N)=O.Cl. The van der Waals surface area contributed by atoms with E-state index in [-0.39, 0.29) is 18.3 Å². The molecule has 0 aliphatic carbocycles. The molecule has 0 saturated carbocycles. The van der Waals surface area contributed by atoms with Crippen molar-refractivity contribution in [3.8, 4) is 0 Å².